The molecule has 2 rings (SSSR count). The number of halogens is 2. The van der Waals surface area contributed by atoms with Crippen LogP contribution in [0.5, 0.6) is 11.5 Å². The van der Waals surface area contributed by atoms with Gasteiger partial charge in [0, 0.05) is 26.2 Å². The van der Waals surface area contributed by atoms with E-state index in [2.05, 4.69) is 0 Å². The highest BCUT2D eigenvalue weighted by molar-refractivity contribution is 6.53. The third-order valence-electron chi connectivity index (χ3n) is 3.93. The minimum absolute atomic E-state index is 0.00242. The molecule has 0 saturated carbocycles. The molecule has 2 amide bonds. The van der Waals surface area contributed by atoms with E-state index in [0.29, 0.717) is 37.7 Å². The highest BCUT2D eigenvalue weighted by Gasteiger charge is 2.27. The van der Waals surface area contributed by atoms with Gasteiger partial charge in [-0.05, 0) is 17.7 Å². The summed E-state index contributed by atoms with van der Waals surface area (Å²) in [4.78, 5) is 26.4. The van der Waals surface area contributed by atoms with Crippen LogP contribution in [0.4, 0.5) is 0 Å². The lowest BCUT2D eigenvalue weighted by atomic mass is 10.1. The fraction of sp³-hybridized carbons (Fsp3) is 0.500. The summed E-state index contributed by atoms with van der Waals surface area (Å²) in [5, 5.41) is 0. The SMILES string of the molecule is COc1ccc(CC(=O)N2CCN(C(=O)C(Cl)Cl)CC2)cc1OC. The molecule has 1 aromatic rings. The molecule has 24 heavy (non-hydrogen) atoms. The Morgan fingerprint density at radius 2 is 1.62 bits per heavy atom. The molecule has 0 bridgehead atoms. The zero-order valence-electron chi connectivity index (χ0n) is 13.6. The van der Waals surface area contributed by atoms with Crippen LogP contribution in [0.3, 0.4) is 0 Å². The van der Waals surface area contributed by atoms with Gasteiger partial charge in [0.05, 0.1) is 20.6 Å². The average Bonchev–Trinajstić information content (AvgIpc) is 2.60. The van der Waals surface area contributed by atoms with Crippen LogP contribution in [0, 0.1) is 0 Å². The van der Waals surface area contributed by atoms with Crippen LogP contribution in [-0.2, 0) is 16.0 Å². The largest absolute Gasteiger partial charge is 0.493 e. The van der Waals surface area contributed by atoms with Crippen molar-refractivity contribution in [1.29, 1.82) is 0 Å². The molecule has 1 fully saturated rings. The number of piperazine rings is 1. The van der Waals surface area contributed by atoms with E-state index in [1.165, 1.54) is 0 Å². The standard InChI is InChI=1S/C16H20Cl2N2O4/c1-23-12-4-3-11(9-13(12)24-2)10-14(21)19-5-7-20(8-6-19)16(22)15(17)18/h3-4,9,15H,5-8,10H2,1-2H3. The van der Waals surface area contributed by atoms with E-state index < -0.39 is 4.84 Å². The Kier molecular flexibility index (Phi) is 6.57. The summed E-state index contributed by atoms with van der Waals surface area (Å²) in [5.74, 6) is 0.902. The Bertz CT molecular complexity index is 602. The molecule has 1 saturated heterocycles. The smallest absolute Gasteiger partial charge is 0.255 e. The number of rotatable bonds is 5. The van der Waals surface area contributed by atoms with Gasteiger partial charge in [-0.15, -0.1) is 0 Å². The fourth-order valence-electron chi connectivity index (χ4n) is 2.59. The predicted octanol–water partition coefficient (Wildman–Crippen LogP) is 1.72. The minimum Gasteiger partial charge on any atom is -0.493 e. The van der Waals surface area contributed by atoms with E-state index in [0.717, 1.165) is 5.56 Å². The van der Waals surface area contributed by atoms with Crippen molar-refractivity contribution in [3.05, 3.63) is 23.8 Å². The highest BCUT2D eigenvalue weighted by Crippen LogP contribution is 2.27. The molecule has 0 unspecified atom stereocenters. The van der Waals surface area contributed by atoms with Crippen LogP contribution in [0.15, 0.2) is 18.2 Å². The molecule has 6 nitrogen and oxygen atoms in total. The molecule has 1 aliphatic rings. The maximum atomic E-state index is 12.4. The van der Waals surface area contributed by atoms with Gasteiger partial charge in [0.15, 0.2) is 16.3 Å². The molecule has 0 aliphatic carbocycles. The van der Waals surface area contributed by atoms with E-state index in [1.807, 2.05) is 6.07 Å². The third kappa shape index (κ3) is 4.45. The number of benzene rings is 1. The molecule has 132 valence electrons. The van der Waals surface area contributed by atoms with Crippen LogP contribution in [-0.4, -0.2) is 66.8 Å². The Morgan fingerprint density at radius 1 is 1.04 bits per heavy atom. The van der Waals surface area contributed by atoms with Gasteiger partial charge in [0.1, 0.15) is 0 Å². The Morgan fingerprint density at radius 3 is 2.17 bits per heavy atom. The summed E-state index contributed by atoms with van der Waals surface area (Å²) in [7, 11) is 3.12. The zero-order valence-corrected chi connectivity index (χ0v) is 15.1. The Labute approximate surface area is 151 Å². The summed E-state index contributed by atoms with van der Waals surface area (Å²) in [6, 6.07) is 5.41. The van der Waals surface area contributed by atoms with Crippen LogP contribution >= 0.6 is 23.2 Å². The zero-order chi connectivity index (χ0) is 17.7. The Hall–Kier alpha value is -1.66. The van der Waals surface area contributed by atoms with Crippen LogP contribution in [0.25, 0.3) is 0 Å². The third-order valence-corrected chi connectivity index (χ3v) is 4.31. The second-order valence-electron chi connectivity index (χ2n) is 5.37. The lowest BCUT2D eigenvalue weighted by Crippen LogP contribution is -2.52. The number of carbonyl (C=O) groups excluding carboxylic acids is 2. The first-order chi connectivity index (χ1) is 11.5. The molecule has 1 aromatic carbocycles. The number of nitrogens with zero attached hydrogens (tertiary/aromatic N) is 2. The van der Waals surface area contributed by atoms with Gasteiger partial charge in [-0.25, -0.2) is 0 Å². The van der Waals surface area contributed by atoms with E-state index in [-0.39, 0.29) is 18.2 Å². The molecule has 1 heterocycles. The topological polar surface area (TPSA) is 59.1 Å². The molecular weight excluding hydrogens is 355 g/mol. The first-order valence-electron chi connectivity index (χ1n) is 7.52. The molecule has 0 N–H and O–H groups in total. The van der Waals surface area contributed by atoms with Gasteiger partial charge in [-0.1, -0.05) is 29.3 Å². The molecule has 8 heteroatoms. The van der Waals surface area contributed by atoms with Gasteiger partial charge in [0.25, 0.3) is 5.91 Å². The number of hydrogen-bond donors (Lipinski definition) is 0. The quantitative estimate of drug-likeness (QED) is 0.736. The van der Waals surface area contributed by atoms with Crippen molar-refractivity contribution in [3.8, 4) is 11.5 Å². The summed E-state index contributed by atoms with van der Waals surface area (Å²) in [5.41, 5.74) is 0.845. The first-order valence-corrected chi connectivity index (χ1v) is 8.39. The van der Waals surface area contributed by atoms with Crippen molar-refractivity contribution in [2.45, 2.75) is 11.3 Å². The van der Waals surface area contributed by atoms with Crippen molar-refractivity contribution in [1.82, 2.24) is 9.80 Å². The molecule has 1 aliphatic heterocycles. The van der Waals surface area contributed by atoms with Crippen LogP contribution < -0.4 is 9.47 Å². The first kappa shape index (κ1) is 18.7. The molecule has 0 aromatic heterocycles. The van der Waals surface area contributed by atoms with Crippen molar-refractivity contribution in [3.63, 3.8) is 0 Å². The molecule has 0 radical (unpaired) electrons. The number of amides is 2. The molecule has 0 atom stereocenters. The summed E-state index contributed by atoms with van der Waals surface area (Å²) < 4.78 is 10.4. The number of alkyl halides is 2. The number of hydrogen-bond acceptors (Lipinski definition) is 4. The molecular formula is C16H20Cl2N2O4. The van der Waals surface area contributed by atoms with Gasteiger partial charge in [0.2, 0.25) is 5.91 Å². The maximum Gasteiger partial charge on any atom is 0.255 e. The second-order valence-corrected chi connectivity index (χ2v) is 6.47. The average molecular weight is 375 g/mol. The summed E-state index contributed by atoms with van der Waals surface area (Å²) in [6.07, 6.45) is 0.266. The van der Waals surface area contributed by atoms with Crippen molar-refractivity contribution in [2.24, 2.45) is 0 Å². The number of carbonyl (C=O) groups is 2. The van der Waals surface area contributed by atoms with Gasteiger partial charge in [-0.3, -0.25) is 9.59 Å². The van der Waals surface area contributed by atoms with E-state index >= 15 is 0 Å². The van der Waals surface area contributed by atoms with E-state index in [4.69, 9.17) is 32.7 Å². The second kappa shape index (κ2) is 8.44. The van der Waals surface area contributed by atoms with Crippen molar-refractivity contribution in [2.75, 3.05) is 40.4 Å². The van der Waals surface area contributed by atoms with Gasteiger partial charge < -0.3 is 19.3 Å². The van der Waals surface area contributed by atoms with Crippen LogP contribution in [0.1, 0.15) is 5.56 Å². The fourth-order valence-corrected chi connectivity index (χ4v) is 2.87. The minimum atomic E-state index is -1.06. The predicted molar refractivity (Wildman–Crippen MR) is 91.9 cm³/mol. The van der Waals surface area contributed by atoms with E-state index in [1.54, 1.807) is 36.2 Å². The van der Waals surface area contributed by atoms with Crippen molar-refractivity contribution < 1.29 is 19.1 Å². The number of methoxy groups -OCH3 is 2. The summed E-state index contributed by atoms with van der Waals surface area (Å²) in [6.45, 7) is 1.82. The molecule has 0 spiro atoms. The lowest BCUT2D eigenvalue weighted by Gasteiger charge is -2.35. The van der Waals surface area contributed by atoms with Gasteiger partial charge in [-0.2, -0.15) is 0 Å². The summed E-state index contributed by atoms with van der Waals surface area (Å²) >= 11 is 11.2. The lowest BCUT2D eigenvalue weighted by molar-refractivity contribution is -0.138. The van der Waals surface area contributed by atoms with E-state index in [9.17, 15) is 9.59 Å². The monoisotopic (exact) mass is 374 g/mol. The number of ether oxygens (including phenoxy) is 2. The van der Waals surface area contributed by atoms with Gasteiger partial charge >= 0.3 is 0 Å². The highest BCUT2D eigenvalue weighted by atomic mass is 35.5. The van der Waals surface area contributed by atoms with Crippen molar-refractivity contribution >= 4 is 35.0 Å². The Balaban J connectivity index is 1.93. The maximum absolute atomic E-state index is 12.4. The van der Waals surface area contributed by atoms with Crippen LogP contribution in [0.2, 0.25) is 0 Å². The normalized spacial score (nSPS) is 14.7.